The molecule has 1 aliphatic rings. The van der Waals surface area contributed by atoms with E-state index in [0.717, 1.165) is 47.5 Å². The van der Waals surface area contributed by atoms with Crippen LogP contribution < -0.4 is 5.32 Å². The van der Waals surface area contributed by atoms with Crippen molar-refractivity contribution in [3.05, 3.63) is 45.2 Å². The molecule has 28 heavy (non-hydrogen) atoms. The Hall–Kier alpha value is -2.74. The molecule has 0 aromatic carbocycles. The topological polar surface area (TPSA) is 85.6 Å². The van der Waals surface area contributed by atoms with Gasteiger partial charge in [-0.25, -0.2) is 14.3 Å². The van der Waals surface area contributed by atoms with Gasteiger partial charge in [0.15, 0.2) is 11.3 Å². The van der Waals surface area contributed by atoms with E-state index < -0.39 is 0 Å². The summed E-state index contributed by atoms with van der Waals surface area (Å²) < 4.78 is 6.89. The van der Waals surface area contributed by atoms with Gasteiger partial charge in [-0.3, -0.25) is 4.79 Å². The molecule has 0 saturated carbocycles. The normalized spacial score (nSPS) is 13.4. The van der Waals surface area contributed by atoms with E-state index in [1.807, 2.05) is 19.9 Å². The van der Waals surface area contributed by atoms with E-state index in [9.17, 15) is 9.59 Å². The van der Waals surface area contributed by atoms with E-state index in [0.29, 0.717) is 22.8 Å². The third-order valence-corrected chi connectivity index (χ3v) is 6.05. The second kappa shape index (κ2) is 7.35. The maximum Gasteiger partial charge on any atom is 0.341 e. The molecule has 0 bridgehead atoms. The van der Waals surface area contributed by atoms with E-state index in [1.54, 1.807) is 17.5 Å². The van der Waals surface area contributed by atoms with Crippen LogP contribution in [0, 0.1) is 13.8 Å². The average molecular weight is 398 g/mol. The zero-order valence-corrected chi connectivity index (χ0v) is 17.0. The first-order valence-electron chi connectivity index (χ1n) is 9.45. The fourth-order valence-corrected chi connectivity index (χ4v) is 4.91. The Bertz CT molecular complexity index is 1080. The maximum atomic E-state index is 12.9. The van der Waals surface area contributed by atoms with E-state index >= 15 is 0 Å². The number of rotatable bonds is 4. The molecular weight excluding hydrogens is 376 g/mol. The van der Waals surface area contributed by atoms with Crippen LogP contribution in [0.5, 0.6) is 0 Å². The van der Waals surface area contributed by atoms with E-state index in [-0.39, 0.29) is 17.6 Å². The second-order valence-corrected chi connectivity index (χ2v) is 8.03. The highest BCUT2D eigenvalue weighted by molar-refractivity contribution is 7.17. The maximum absolute atomic E-state index is 12.9. The van der Waals surface area contributed by atoms with Gasteiger partial charge in [-0.2, -0.15) is 5.10 Å². The number of hydrogen-bond donors (Lipinski definition) is 1. The summed E-state index contributed by atoms with van der Waals surface area (Å²) >= 11 is 1.47. The summed E-state index contributed by atoms with van der Waals surface area (Å²) in [4.78, 5) is 31.0. The number of esters is 1. The van der Waals surface area contributed by atoms with Gasteiger partial charge in [-0.05, 0) is 58.1 Å². The van der Waals surface area contributed by atoms with Crippen LogP contribution in [0.15, 0.2) is 12.1 Å². The van der Waals surface area contributed by atoms with Gasteiger partial charge >= 0.3 is 5.97 Å². The number of anilines is 1. The number of carbonyl (C=O) groups is 2. The van der Waals surface area contributed by atoms with Crippen molar-refractivity contribution >= 4 is 33.9 Å². The van der Waals surface area contributed by atoms with Gasteiger partial charge in [0.1, 0.15) is 5.00 Å². The first kappa shape index (κ1) is 18.6. The van der Waals surface area contributed by atoms with Gasteiger partial charge in [-0.1, -0.05) is 0 Å². The zero-order valence-electron chi connectivity index (χ0n) is 16.2. The van der Waals surface area contributed by atoms with Crippen LogP contribution in [0.4, 0.5) is 5.00 Å². The third kappa shape index (κ3) is 3.28. The van der Waals surface area contributed by atoms with E-state index in [4.69, 9.17) is 4.74 Å². The minimum atomic E-state index is -0.375. The molecule has 0 fully saturated rings. The number of thiophene rings is 1. The predicted octanol–water partition coefficient (Wildman–Crippen LogP) is 3.72. The molecule has 3 heterocycles. The van der Waals surface area contributed by atoms with Gasteiger partial charge < -0.3 is 10.1 Å². The summed E-state index contributed by atoms with van der Waals surface area (Å²) in [6.45, 7) is 5.90. The fourth-order valence-electron chi connectivity index (χ4n) is 3.64. The van der Waals surface area contributed by atoms with Crippen molar-refractivity contribution in [1.29, 1.82) is 0 Å². The smallest absolute Gasteiger partial charge is 0.341 e. The standard InChI is InChI=1S/C20H22N4O3S/c1-4-27-20(26)17-13-7-5-6-8-15(13)28-19(17)22-18(25)14-10-16-21-11(2)9-12(3)24(16)23-14/h9-10H,4-8H2,1-3H3,(H,22,25). The molecule has 4 rings (SSSR count). The molecule has 0 aliphatic heterocycles. The molecular formula is C20H22N4O3S. The Morgan fingerprint density at radius 3 is 2.82 bits per heavy atom. The van der Waals surface area contributed by atoms with Crippen molar-refractivity contribution in [2.45, 2.75) is 46.5 Å². The Kier molecular flexibility index (Phi) is 4.89. The van der Waals surface area contributed by atoms with Crippen LogP contribution in [0.2, 0.25) is 0 Å². The van der Waals surface area contributed by atoms with Crippen molar-refractivity contribution in [3.63, 3.8) is 0 Å². The van der Waals surface area contributed by atoms with Gasteiger partial charge in [0.2, 0.25) is 0 Å². The molecule has 0 spiro atoms. The Balaban J connectivity index is 1.69. The third-order valence-electron chi connectivity index (χ3n) is 4.84. The predicted molar refractivity (Wildman–Crippen MR) is 107 cm³/mol. The second-order valence-electron chi connectivity index (χ2n) is 6.93. The molecule has 1 N–H and O–H groups in total. The lowest BCUT2D eigenvalue weighted by Gasteiger charge is -2.12. The molecule has 0 unspecified atom stereocenters. The number of hydrogen-bond acceptors (Lipinski definition) is 6. The van der Waals surface area contributed by atoms with Gasteiger partial charge in [-0.15, -0.1) is 11.3 Å². The molecule has 0 radical (unpaired) electrons. The molecule has 1 aliphatic carbocycles. The highest BCUT2D eigenvalue weighted by atomic mass is 32.1. The molecule has 3 aromatic heterocycles. The summed E-state index contributed by atoms with van der Waals surface area (Å²) in [5.41, 5.74) is 4.19. The lowest BCUT2D eigenvalue weighted by atomic mass is 9.95. The lowest BCUT2D eigenvalue weighted by molar-refractivity contribution is 0.0526. The average Bonchev–Trinajstić information content (AvgIpc) is 3.23. The number of aromatic nitrogens is 3. The Labute approximate surface area is 166 Å². The fraction of sp³-hybridized carbons (Fsp3) is 0.400. The molecule has 3 aromatic rings. The highest BCUT2D eigenvalue weighted by Gasteiger charge is 2.28. The van der Waals surface area contributed by atoms with Crippen molar-refractivity contribution in [2.24, 2.45) is 0 Å². The summed E-state index contributed by atoms with van der Waals surface area (Å²) in [5, 5.41) is 7.82. The van der Waals surface area contributed by atoms with Crippen LogP contribution >= 0.6 is 11.3 Å². The number of fused-ring (bicyclic) bond motifs is 2. The summed E-state index contributed by atoms with van der Waals surface area (Å²) in [7, 11) is 0. The molecule has 0 saturated heterocycles. The number of carbonyl (C=O) groups excluding carboxylic acids is 2. The largest absolute Gasteiger partial charge is 0.462 e. The van der Waals surface area contributed by atoms with Gasteiger partial charge in [0.05, 0.1) is 12.2 Å². The molecule has 0 atom stereocenters. The van der Waals surface area contributed by atoms with Crippen LogP contribution in [0.3, 0.4) is 0 Å². The van der Waals surface area contributed by atoms with Crippen LogP contribution in [-0.2, 0) is 17.6 Å². The summed E-state index contributed by atoms with van der Waals surface area (Å²) in [5.74, 6) is -0.730. The molecule has 146 valence electrons. The van der Waals surface area contributed by atoms with Gasteiger partial charge in [0.25, 0.3) is 5.91 Å². The number of nitrogens with one attached hydrogen (secondary N) is 1. The van der Waals surface area contributed by atoms with E-state index in [2.05, 4.69) is 15.4 Å². The number of nitrogens with zero attached hydrogens (tertiary/aromatic N) is 3. The van der Waals surface area contributed by atoms with Crippen LogP contribution in [0.25, 0.3) is 5.65 Å². The highest BCUT2D eigenvalue weighted by Crippen LogP contribution is 2.38. The SMILES string of the molecule is CCOC(=O)c1c(NC(=O)c2cc3nc(C)cc(C)n3n2)sc2c1CCCC2. The van der Waals surface area contributed by atoms with Gasteiger partial charge in [0, 0.05) is 22.3 Å². The zero-order chi connectivity index (χ0) is 19.8. The molecule has 7 nitrogen and oxygen atoms in total. The number of ether oxygens (including phenoxy) is 1. The Morgan fingerprint density at radius 1 is 1.25 bits per heavy atom. The number of aryl methyl sites for hydroxylation is 3. The monoisotopic (exact) mass is 398 g/mol. The lowest BCUT2D eigenvalue weighted by Crippen LogP contribution is -2.16. The molecule has 1 amide bonds. The summed E-state index contributed by atoms with van der Waals surface area (Å²) in [6, 6.07) is 3.57. The van der Waals surface area contributed by atoms with Crippen molar-refractivity contribution in [3.8, 4) is 0 Å². The van der Waals surface area contributed by atoms with Crippen molar-refractivity contribution < 1.29 is 14.3 Å². The first-order valence-corrected chi connectivity index (χ1v) is 10.3. The van der Waals surface area contributed by atoms with Crippen molar-refractivity contribution in [2.75, 3.05) is 11.9 Å². The van der Waals surface area contributed by atoms with Crippen LogP contribution in [0.1, 0.15) is 62.4 Å². The minimum absolute atomic E-state index is 0.266. The quantitative estimate of drug-likeness (QED) is 0.677. The minimum Gasteiger partial charge on any atom is -0.462 e. The van der Waals surface area contributed by atoms with Crippen LogP contribution in [-0.4, -0.2) is 33.1 Å². The van der Waals surface area contributed by atoms with E-state index in [1.165, 1.54) is 11.3 Å². The number of amides is 1. The van der Waals surface area contributed by atoms with Crippen molar-refractivity contribution in [1.82, 2.24) is 14.6 Å². The summed E-state index contributed by atoms with van der Waals surface area (Å²) in [6.07, 6.45) is 3.91. The Morgan fingerprint density at radius 2 is 2.04 bits per heavy atom. The first-order chi connectivity index (χ1) is 13.5. The molecule has 8 heteroatoms.